The van der Waals surface area contributed by atoms with Gasteiger partial charge in [0.1, 0.15) is 0 Å². The van der Waals surface area contributed by atoms with E-state index in [9.17, 15) is 4.39 Å². The molecule has 4 heteroatoms. The summed E-state index contributed by atoms with van der Waals surface area (Å²) in [5.74, 6) is 0.000278. The van der Waals surface area contributed by atoms with E-state index in [1.54, 1.807) is 6.20 Å². The summed E-state index contributed by atoms with van der Waals surface area (Å²) >= 11 is 0. The zero-order valence-electron chi connectivity index (χ0n) is 8.78. The van der Waals surface area contributed by atoms with Gasteiger partial charge in [0.05, 0.1) is 6.61 Å². The van der Waals surface area contributed by atoms with Crippen molar-refractivity contribution in [1.82, 2.24) is 4.98 Å². The lowest BCUT2D eigenvalue weighted by atomic mass is 10.2. The molecule has 3 nitrogen and oxygen atoms in total. The first-order valence-corrected chi connectivity index (χ1v) is 5.28. The zero-order chi connectivity index (χ0) is 10.8. The maximum atomic E-state index is 13.8. The molecular formula is C11H15FN2O. The number of anilines is 1. The molecule has 15 heavy (non-hydrogen) atoms. The molecule has 1 aliphatic rings. The summed E-state index contributed by atoms with van der Waals surface area (Å²) in [6.45, 7) is 2.47. The van der Waals surface area contributed by atoms with Gasteiger partial charge in [0, 0.05) is 24.3 Å². The van der Waals surface area contributed by atoms with Crippen molar-refractivity contribution in [2.75, 3.05) is 11.4 Å². The fraction of sp³-hybridized carbons (Fsp3) is 0.545. The molecule has 0 spiro atoms. The van der Waals surface area contributed by atoms with Crippen LogP contribution in [0.4, 0.5) is 10.2 Å². The fourth-order valence-corrected chi connectivity index (χ4v) is 1.76. The standard InChI is InChI=1S/C11H15FN2O/c1-2-14(9-3-4-9)11-10(12)8(7-15)5-6-13-11/h5-6,9,15H,2-4,7H2,1H3. The van der Waals surface area contributed by atoms with E-state index in [4.69, 9.17) is 5.11 Å². The molecule has 1 aliphatic carbocycles. The van der Waals surface area contributed by atoms with E-state index in [0.29, 0.717) is 17.4 Å². The van der Waals surface area contributed by atoms with Crippen molar-refractivity contribution >= 4 is 5.82 Å². The average molecular weight is 210 g/mol. The Morgan fingerprint density at radius 1 is 1.60 bits per heavy atom. The van der Waals surface area contributed by atoms with Gasteiger partial charge in [0.2, 0.25) is 0 Å². The van der Waals surface area contributed by atoms with E-state index in [1.165, 1.54) is 6.07 Å². The Morgan fingerprint density at radius 2 is 2.33 bits per heavy atom. The van der Waals surface area contributed by atoms with Gasteiger partial charge in [0.25, 0.3) is 0 Å². The van der Waals surface area contributed by atoms with E-state index in [2.05, 4.69) is 4.98 Å². The van der Waals surface area contributed by atoms with Crippen molar-refractivity contribution in [2.45, 2.75) is 32.4 Å². The van der Waals surface area contributed by atoms with Crippen LogP contribution in [0.15, 0.2) is 12.3 Å². The molecule has 1 heterocycles. The van der Waals surface area contributed by atoms with Gasteiger partial charge in [-0.3, -0.25) is 0 Å². The fourth-order valence-electron chi connectivity index (χ4n) is 1.76. The van der Waals surface area contributed by atoms with E-state index in [-0.39, 0.29) is 12.4 Å². The summed E-state index contributed by atoms with van der Waals surface area (Å²) in [5.41, 5.74) is 0.319. The number of hydrogen-bond acceptors (Lipinski definition) is 3. The average Bonchev–Trinajstić information content (AvgIpc) is 3.06. The normalized spacial score (nSPS) is 15.4. The molecule has 1 aromatic rings. The number of nitrogens with zero attached hydrogens (tertiary/aromatic N) is 2. The second-order valence-corrected chi connectivity index (χ2v) is 3.78. The third-order valence-corrected chi connectivity index (χ3v) is 2.72. The second kappa shape index (κ2) is 4.14. The lowest BCUT2D eigenvalue weighted by Crippen LogP contribution is -2.27. The maximum absolute atomic E-state index is 13.8. The van der Waals surface area contributed by atoms with Gasteiger partial charge in [-0.1, -0.05) is 0 Å². The molecule has 0 amide bonds. The molecule has 0 saturated heterocycles. The quantitative estimate of drug-likeness (QED) is 0.821. The van der Waals surface area contributed by atoms with E-state index >= 15 is 0 Å². The van der Waals surface area contributed by atoms with Gasteiger partial charge < -0.3 is 10.0 Å². The number of aromatic nitrogens is 1. The predicted octanol–water partition coefficient (Wildman–Crippen LogP) is 1.70. The Morgan fingerprint density at radius 3 is 2.87 bits per heavy atom. The molecule has 0 bridgehead atoms. The number of aliphatic hydroxyl groups is 1. The third-order valence-electron chi connectivity index (χ3n) is 2.72. The minimum Gasteiger partial charge on any atom is -0.392 e. The van der Waals surface area contributed by atoms with Gasteiger partial charge in [-0.25, -0.2) is 9.37 Å². The van der Waals surface area contributed by atoms with Crippen molar-refractivity contribution in [1.29, 1.82) is 0 Å². The minimum absolute atomic E-state index is 0.274. The lowest BCUT2D eigenvalue weighted by molar-refractivity contribution is 0.275. The predicted molar refractivity (Wildman–Crippen MR) is 56.2 cm³/mol. The summed E-state index contributed by atoms with van der Waals surface area (Å²) in [5, 5.41) is 8.97. The van der Waals surface area contributed by atoms with Crippen LogP contribution in [0.3, 0.4) is 0 Å². The highest BCUT2D eigenvalue weighted by molar-refractivity contribution is 5.45. The first-order chi connectivity index (χ1) is 7.27. The van der Waals surface area contributed by atoms with E-state index in [1.807, 2.05) is 11.8 Å². The van der Waals surface area contributed by atoms with Crippen molar-refractivity contribution in [3.8, 4) is 0 Å². The first kappa shape index (κ1) is 10.4. The summed E-state index contributed by atoms with van der Waals surface area (Å²) in [6.07, 6.45) is 3.77. The maximum Gasteiger partial charge on any atom is 0.171 e. The highest BCUT2D eigenvalue weighted by Gasteiger charge is 2.30. The molecule has 0 atom stereocenters. The number of rotatable bonds is 4. The molecule has 1 saturated carbocycles. The van der Waals surface area contributed by atoms with Crippen molar-refractivity contribution in [3.63, 3.8) is 0 Å². The van der Waals surface area contributed by atoms with Crippen LogP contribution in [0.2, 0.25) is 0 Å². The summed E-state index contributed by atoms with van der Waals surface area (Å²) in [6, 6.07) is 1.95. The van der Waals surface area contributed by atoms with E-state index in [0.717, 1.165) is 19.4 Å². The van der Waals surface area contributed by atoms with Crippen LogP contribution in [0.5, 0.6) is 0 Å². The molecule has 82 valence electrons. The summed E-state index contributed by atoms with van der Waals surface area (Å²) < 4.78 is 13.8. The van der Waals surface area contributed by atoms with Crippen LogP contribution >= 0.6 is 0 Å². The Kier molecular flexibility index (Phi) is 2.86. The molecule has 1 aromatic heterocycles. The van der Waals surface area contributed by atoms with Gasteiger partial charge >= 0.3 is 0 Å². The Balaban J connectivity index is 2.33. The van der Waals surface area contributed by atoms with Gasteiger partial charge in [0.15, 0.2) is 11.6 Å². The molecule has 0 aliphatic heterocycles. The number of aliphatic hydroxyl groups excluding tert-OH is 1. The SMILES string of the molecule is CCN(c1nccc(CO)c1F)C1CC1. The summed E-state index contributed by atoms with van der Waals surface area (Å²) in [4.78, 5) is 6.03. The van der Waals surface area contributed by atoms with Crippen molar-refractivity contribution < 1.29 is 9.50 Å². The molecule has 1 fully saturated rings. The topological polar surface area (TPSA) is 36.4 Å². The van der Waals surface area contributed by atoms with Crippen LogP contribution in [-0.2, 0) is 6.61 Å². The minimum atomic E-state index is -0.381. The van der Waals surface area contributed by atoms with Crippen LogP contribution < -0.4 is 4.90 Å². The van der Waals surface area contributed by atoms with Crippen LogP contribution in [0.25, 0.3) is 0 Å². The molecule has 0 unspecified atom stereocenters. The Hall–Kier alpha value is -1.16. The number of hydrogen-bond donors (Lipinski definition) is 1. The highest BCUT2D eigenvalue weighted by Crippen LogP contribution is 2.32. The monoisotopic (exact) mass is 210 g/mol. The van der Waals surface area contributed by atoms with Crippen molar-refractivity contribution in [3.05, 3.63) is 23.6 Å². The van der Waals surface area contributed by atoms with E-state index < -0.39 is 0 Å². The molecule has 0 radical (unpaired) electrons. The first-order valence-electron chi connectivity index (χ1n) is 5.28. The number of halogens is 1. The largest absolute Gasteiger partial charge is 0.392 e. The third kappa shape index (κ3) is 1.95. The van der Waals surface area contributed by atoms with Crippen LogP contribution in [0, 0.1) is 5.82 Å². The Labute approximate surface area is 88.6 Å². The van der Waals surface area contributed by atoms with Crippen LogP contribution in [-0.4, -0.2) is 22.7 Å². The van der Waals surface area contributed by atoms with Crippen molar-refractivity contribution in [2.24, 2.45) is 0 Å². The molecule has 0 aromatic carbocycles. The molecule has 2 rings (SSSR count). The second-order valence-electron chi connectivity index (χ2n) is 3.78. The van der Waals surface area contributed by atoms with Crippen LogP contribution in [0.1, 0.15) is 25.3 Å². The van der Waals surface area contributed by atoms with Gasteiger partial charge in [-0.15, -0.1) is 0 Å². The van der Waals surface area contributed by atoms with Gasteiger partial charge in [-0.2, -0.15) is 0 Å². The Bertz CT molecular complexity index is 352. The smallest absolute Gasteiger partial charge is 0.171 e. The highest BCUT2D eigenvalue weighted by atomic mass is 19.1. The number of pyridine rings is 1. The molecule has 1 N–H and O–H groups in total. The lowest BCUT2D eigenvalue weighted by Gasteiger charge is -2.22. The van der Waals surface area contributed by atoms with Gasteiger partial charge in [-0.05, 0) is 25.8 Å². The zero-order valence-corrected chi connectivity index (χ0v) is 8.78. The summed E-state index contributed by atoms with van der Waals surface area (Å²) in [7, 11) is 0. The molecular weight excluding hydrogens is 195 g/mol.